The number of nitrogens with one attached hydrogen (secondary N) is 2. The van der Waals surface area contributed by atoms with Gasteiger partial charge in [0.05, 0.1) is 0 Å². The molecule has 1 aliphatic carbocycles. The molecule has 0 atom stereocenters. The number of allylic oxidation sites excluding steroid dienone is 1. The van der Waals surface area contributed by atoms with Gasteiger partial charge in [-0.3, -0.25) is 0 Å². The highest BCUT2D eigenvalue weighted by molar-refractivity contribution is 5.78. The van der Waals surface area contributed by atoms with E-state index in [1.165, 1.54) is 49.4 Å². The number of halogens is 1. The molecule has 1 aliphatic rings. The van der Waals surface area contributed by atoms with Gasteiger partial charge in [0.1, 0.15) is 5.82 Å². The Morgan fingerprint density at radius 1 is 1.20 bits per heavy atom. The van der Waals surface area contributed by atoms with Crippen LogP contribution in [0.4, 0.5) is 15.8 Å². The first-order valence-corrected chi connectivity index (χ1v) is 8.96. The van der Waals surface area contributed by atoms with Crippen molar-refractivity contribution in [2.24, 2.45) is 0 Å². The molecular weight excluding hydrogens is 315 g/mol. The first kappa shape index (κ1) is 17.3. The predicted octanol–water partition coefficient (Wildman–Crippen LogP) is 4.82. The molecule has 0 spiro atoms. The van der Waals surface area contributed by atoms with Crippen LogP contribution in [0.2, 0.25) is 0 Å². The standard InChI is InChI=1S/C21H23FN2O/c1-2-5-21(19-14-18(24-25)12-13-20(19)22)23-17-10-8-16(9-11-17)15-6-3-4-7-15/h5,8-15,23H,2-4,6-7H2,1H3/p+1/b21-5+. The first-order chi connectivity index (χ1) is 12.2. The Kier molecular flexibility index (Phi) is 5.59. The Hall–Kier alpha value is -2.49. The Bertz CT molecular complexity index is 762. The molecule has 0 bridgehead atoms. The van der Waals surface area contributed by atoms with E-state index in [0.29, 0.717) is 22.9 Å². The molecule has 130 valence electrons. The fourth-order valence-corrected chi connectivity index (χ4v) is 3.48. The van der Waals surface area contributed by atoms with Crippen LogP contribution in [0.15, 0.2) is 48.5 Å². The summed E-state index contributed by atoms with van der Waals surface area (Å²) in [5.74, 6) is 0.325. The van der Waals surface area contributed by atoms with E-state index in [4.69, 9.17) is 0 Å². The monoisotopic (exact) mass is 339 g/mol. The summed E-state index contributed by atoms with van der Waals surface area (Å²) in [5, 5.41) is 5.12. The molecule has 3 rings (SSSR count). The third kappa shape index (κ3) is 4.13. The second-order valence-electron chi connectivity index (χ2n) is 6.55. The van der Waals surface area contributed by atoms with Crippen LogP contribution in [-0.2, 0) is 0 Å². The van der Waals surface area contributed by atoms with E-state index in [1.807, 2.05) is 30.3 Å². The molecule has 4 heteroatoms. The van der Waals surface area contributed by atoms with E-state index in [1.54, 1.807) is 0 Å². The first-order valence-electron chi connectivity index (χ1n) is 8.96. The molecule has 2 N–H and O–H groups in total. The lowest BCUT2D eigenvalue weighted by Crippen LogP contribution is -2.55. The van der Waals surface area contributed by atoms with Crippen LogP contribution >= 0.6 is 0 Å². The van der Waals surface area contributed by atoms with Crippen molar-refractivity contribution in [1.82, 2.24) is 0 Å². The van der Waals surface area contributed by atoms with E-state index in [2.05, 4.69) is 17.4 Å². The van der Waals surface area contributed by atoms with Crippen LogP contribution in [0.5, 0.6) is 0 Å². The number of hydrogen-bond acceptors (Lipinski definition) is 2. The highest BCUT2D eigenvalue weighted by Crippen LogP contribution is 2.34. The van der Waals surface area contributed by atoms with Crippen molar-refractivity contribution in [2.45, 2.75) is 44.9 Å². The summed E-state index contributed by atoms with van der Waals surface area (Å²) >= 11 is 0. The fourth-order valence-electron chi connectivity index (χ4n) is 3.48. The number of hydrogen-bond donors (Lipinski definition) is 2. The lowest BCUT2D eigenvalue weighted by Gasteiger charge is -2.14. The highest BCUT2D eigenvalue weighted by atomic mass is 19.1. The smallest absolute Gasteiger partial charge is 0.254 e. The van der Waals surface area contributed by atoms with Gasteiger partial charge in [0, 0.05) is 39.2 Å². The average molecular weight is 339 g/mol. The van der Waals surface area contributed by atoms with Gasteiger partial charge in [-0.05, 0) is 48.9 Å². The van der Waals surface area contributed by atoms with Crippen LogP contribution in [0.1, 0.15) is 56.1 Å². The minimum Gasteiger partial charge on any atom is -0.355 e. The molecule has 0 radical (unpaired) electrons. The molecule has 0 amide bonds. The van der Waals surface area contributed by atoms with Gasteiger partial charge >= 0.3 is 0 Å². The second kappa shape index (κ2) is 8.06. The number of rotatable bonds is 6. The van der Waals surface area contributed by atoms with Crippen LogP contribution in [0.25, 0.3) is 5.70 Å². The summed E-state index contributed by atoms with van der Waals surface area (Å²) in [6.07, 6.45) is 7.87. The van der Waals surface area contributed by atoms with Gasteiger partial charge in [-0.1, -0.05) is 38.0 Å². The number of benzene rings is 2. The van der Waals surface area contributed by atoms with Crippen molar-refractivity contribution in [3.05, 3.63) is 70.4 Å². The Morgan fingerprint density at radius 3 is 2.56 bits per heavy atom. The van der Waals surface area contributed by atoms with Crippen molar-refractivity contribution >= 4 is 17.1 Å². The van der Waals surface area contributed by atoms with Gasteiger partial charge in [0.25, 0.3) is 5.69 Å². The minimum atomic E-state index is -0.353. The maximum absolute atomic E-state index is 14.2. The second-order valence-corrected chi connectivity index (χ2v) is 6.55. The SMILES string of the molecule is CC/C=C(/Nc1ccc(C2CCCC2)cc1)c1cc([NH+]=O)ccc1F. The van der Waals surface area contributed by atoms with Gasteiger partial charge in [0.2, 0.25) is 0 Å². The predicted molar refractivity (Wildman–Crippen MR) is 99.9 cm³/mol. The highest BCUT2D eigenvalue weighted by Gasteiger charge is 2.17. The molecule has 0 saturated heterocycles. The van der Waals surface area contributed by atoms with Crippen molar-refractivity contribution < 1.29 is 9.57 Å². The van der Waals surface area contributed by atoms with Gasteiger partial charge in [-0.15, -0.1) is 0 Å². The summed E-state index contributed by atoms with van der Waals surface area (Å²) < 4.78 is 14.2. The normalized spacial score (nSPS) is 15.4. The Labute approximate surface area is 147 Å². The Balaban J connectivity index is 1.82. The van der Waals surface area contributed by atoms with Gasteiger partial charge in [0.15, 0.2) is 0 Å². The molecule has 0 unspecified atom stereocenters. The van der Waals surface area contributed by atoms with Crippen molar-refractivity contribution in [3.8, 4) is 0 Å². The quantitative estimate of drug-likeness (QED) is 0.792. The van der Waals surface area contributed by atoms with Crippen LogP contribution in [0.3, 0.4) is 0 Å². The molecule has 3 nitrogen and oxygen atoms in total. The van der Waals surface area contributed by atoms with E-state index >= 15 is 0 Å². The third-order valence-electron chi connectivity index (χ3n) is 4.80. The van der Waals surface area contributed by atoms with E-state index in [9.17, 15) is 9.30 Å². The minimum absolute atomic E-state index is 0.344. The summed E-state index contributed by atoms with van der Waals surface area (Å²) in [5.41, 5.74) is 3.71. The van der Waals surface area contributed by atoms with Gasteiger partial charge in [-0.25, -0.2) is 4.39 Å². The largest absolute Gasteiger partial charge is 0.355 e. The van der Waals surface area contributed by atoms with E-state index in [-0.39, 0.29) is 5.82 Å². The summed E-state index contributed by atoms with van der Waals surface area (Å²) in [7, 11) is 0. The average Bonchev–Trinajstić information content (AvgIpc) is 3.17. The van der Waals surface area contributed by atoms with Crippen molar-refractivity contribution in [1.29, 1.82) is 0 Å². The zero-order valence-corrected chi connectivity index (χ0v) is 14.5. The molecule has 1 saturated carbocycles. The van der Waals surface area contributed by atoms with Crippen LogP contribution < -0.4 is 10.5 Å². The Morgan fingerprint density at radius 2 is 1.92 bits per heavy atom. The zero-order valence-electron chi connectivity index (χ0n) is 14.5. The molecule has 0 heterocycles. The lowest BCUT2D eigenvalue weighted by atomic mass is 9.97. The zero-order chi connectivity index (χ0) is 17.6. The molecular formula is C21H24FN2O+. The lowest BCUT2D eigenvalue weighted by molar-refractivity contribution is -0.379. The molecule has 0 aromatic heterocycles. The topological polar surface area (TPSA) is 43.1 Å². The van der Waals surface area contributed by atoms with Gasteiger partial charge in [-0.2, -0.15) is 0 Å². The fraction of sp³-hybridized carbons (Fsp3) is 0.333. The van der Waals surface area contributed by atoms with Crippen LogP contribution in [-0.4, -0.2) is 0 Å². The van der Waals surface area contributed by atoms with Gasteiger partial charge < -0.3 is 5.32 Å². The summed E-state index contributed by atoms with van der Waals surface area (Å²) in [6.45, 7) is 2.00. The van der Waals surface area contributed by atoms with Crippen LogP contribution in [0, 0.1) is 10.7 Å². The van der Waals surface area contributed by atoms with Crippen molar-refractivity contribution in [2.75, 3.05) is 5.32 Å². The molecule has 2 aromatic rings. The number of anilines is 1. The van der Waals surface area contributed by atoms with E-state index in [0.717, 1.165) is 12.1 Å². The molecule has 2 aromatic carbocycles. The molecule has 1 fully saturated rings. The maximum atomic E-state index is 14.2. The summed E-state index contributed by atoms with van der Waals surface area (Å²) in [6, 6.07) is 12.7. The molecule has 0 aliphatic heterocycles. The maximum Gasteiger partial charge on any atom is 0.254 e. The number of nitroso groups, excluding NO2 is 1. The van der Waals surface area contributed by atoms with E-state index < -0.39 is 0 Å². The molecule has 25 heavy (non-hydrogen) atoms. The third-order valence-corrected chi connectivity index (χ3v) is 4.80. The summed E-state index contributed by atoms with van der Waals surface area (Å²) in [4.78, 5) is 10.9. The van der Waals surface area contributed by atoms with Crippen molar-refractivity contribution in [3.63, 3.8) is 0 Å².